The van der Waals surface area contributed by atoms with E-state index in [0.29, 0.717) is 0 Å². The van der Waals surface area contributed by atoms with Crippen LogP contribution < -0.4 is 5.32 Å². The summed E-state index contributed by atoms with van der Waals surface area (Å²) >= 11 is 3.39. The molecule has 0 aromatic carbocycles. The van der Waals surface area contributed by atoms with Crippen molar-refractivity contribution in [2.75, 3.05) is 39.4 Å². The lowest BCUT2D eigenvalue weighted by atomic mass is 10.3. The summed E-state index contributed by atoms with van der Waals surface area (Å²) in [6.45, 7) is 6.84. The summed E-state index contributed by atoms with van der Waals surface area (Å²) in [5.74, 6) is 0. The first-order chi connectivity index (χ1) is 10.3. The van der Waals surface area contributed by atoms with Crippen molar-refractivity contribution in [1.29, 1.82) is 0 Å². The van der Waals surface area contributed by atoms with Gasteiger partial charge in [-0.3, -0.25) is 9.30 Å². The Morgan fingerprint density at radius 1 is 1.24 bits per heavy atom. The molecule has 2 aromatic heterocycles. The van der Waals surface area contributed by atoms with Crippen LogP contribution in [0.25, 0.3) is 5.65 Å². The van der Waals surface area contributed by atoms with Crippen molar-refractivity contribution in [2.45, 2.75) is 13.0 Å². The minimum Gasteiger partial charge on any atom is -0.379 e. The number of imidazole rings is 1. The van der Waals surface area contributed by atoms with Gasteiger partial charge in [-0.15, -0.1) is 0 Å². The zero-order valence-electron chi connectivity index (χ0n) is 12.0. The number of aromatic nitrogens is 3. The van der Waals surface area contributed by atoms with E-state index in [1.807, 2.05) is 12.4 Å². The molecule has 1 aliphatic rings. The quantitative estimate of drug-likeness (QED) is 0.793. The lowest BCUT2D eigenvalue weighted by Gasteiger charge is -2.26. The Kier molecular flexibility index (Phi) is 5.18. The van der Waals surface area contributed by atoms with Crippen LogP contribution in [0.15, 0.2) is 23.2 Å². The molecule has 0 amide bonds. The molecule has 0 bridgehead atoms. The van der Waals surface area contributed by atoms with Crippen LogP contribution in [0.1, 0.15) is 12.1 Å². The lowest BCUT2D eigenvalue weighted by Crippen LogP contribution is -2.37. The Morgan fingerprint density at radius 2 is 2.10 bits per heavy atom. The van der Waals surface area contributed by atoms with Crippen molar-refractivity contribution in [2.24, 2.45) is 0 Å². The third-order valence-corrected chi connectivity index (χ3v) is 4.09. The van der Waals surface area contributed by atoms with Crippen molar-refractivity contribution < 1.29 is 4.74 Å². The van der Waals surface area contributed by atoms with Crippen molar-refractivity contribution in [1.82, 2.24) is 24.6 Å². The minimum absolute atomic E-state index is 0.820. The molecular formula is C14H20BrN5O. The maximum atomic E-state index is 5.35. The van der Waals surface area contributed by atoms with Gasteiger partial charge in [-0.2, -0.15) is 0 Å². The molecule has 3 rings (SSSR count). The summed E-state index contributed by atoms with van der Waals surface area (Å²) in [5.41, 5.74) is 2.03. The van der Waals surface area contributed by atoms with Gasteiger partial charge in [0.1, 0.15) is 4.60 Å². The average Bonchev–Trinajstić information content (AvgIpc) is 2.90. The normalized spacial score (nSPS) is 16.6. The first kappa shape index (κ1) is 14.9. The van der Waals surface area contributed by atoms with Gasteiger partial charge in [0.25, 0.3) is 0 Å². The Morgan fingerprint density at radius 3 is 2.95 bits per heavy atom. The standard InChI is InChI=1S/C14H20BrN5O/c15-13-11-20-12(9-18-14(20)10-17-13)8-16-2-1-3-19-4-6-21-7-5-19/h9-11,16H,1-8H2. The van der Waals surface area contributed by atoms with Gasteiger partial charge >= 0.3 is 0 Å². The third-order valence-electron chi connectivity index (χ3n) is 3.68. The van der Waals surface area contributed by atoms with Gasteiger partial charge in [0.2, 0.25) is 0 Å². The number of nitrogens with one attached hydrogen (secondary N) is 1. The molecule has 114 valence electrons. The van der Waals surface area contributed by atoms with Crippen LogP contribution >= 0.6 is 15.9 Å². The summed E-state index contributed by atoms with van der Waals surface area (Å²) < 4.78 is 8.23. The van der Waals surface area contributed by atoms with E-state index in [-0.39, 0.29) is 0 Å². The van der Waals surface area contributed by atoms with E-state index in [1.54, 1.807) is 6.20 Å². The average molecular weight is 354 g/mol. The Bertz CT molecular complexity index is 582. The molecule has 0 radical (unpaired) electrons. The molecule has 0 saturated carbocycles. The molecule has 1 fully saturated rings. The van der Waals surface area contributed by atoms with E-state index in [9.17, 15) is 0 Å². The van der Waals surface area contributed by atoms with Gasteiger partial charge in [-0.05, 0) is 35.4 Å². The van der Waals surface area contributed by atoms with Gasteiger partial charge in [-0.25, -0.2) is 9.97 Å². The van der Waals surface area contributed by atoms with Crippen LogP contribution in [0, 0.1) is 0 Å². The van der Waals surface area contributed by atoms with E-state index >= 15 is 0 Å². The maximum Gasteiger partial charge on any atom is 0.155 e. The molecule has 0 atom stereocenters. The summed E-state index contributed by atoms with van der Waals surface area (Å²) in [6.07, 6.45) is 6.78. The van der Waals surface area contributed by atoms with E-state index in [2.05, 4.69) is 40.5 Å². The smallest absolute Gasteiger partial charge is 0.155 e. The molecule has 0 unspecified atom stereocenters. The molecule has 1 saturated heterocycles. The molecule has 7 heteroatoms. The Hall–Kier alpha value is -1.02. The molecule has 2 aromatic rings. The van der Waals surface area contributed by atoms with Gasteiger partial charge in [0.05, 0.1) is 31.3 Å². The predicted molar refractivity (Wildman–Crippen MR) is 84.3 cm³/mol. The highest BCUT2D eigenvalue weighted by molar-refractivity contribution is 9.10. The summed E-state index contributed by atoms with van der Waals surface area (Å²) in [6, 6.07) is 0. The number of rotatable bonds is 6. The fourth-order valence-electron chi connectivity index (χ4n) is 2.52. The van der Waals surface area contributed by atoms with Crippen LogP contribution in [0.3, 0.4) is 0 Å². The highest BCUT2D eigenvalue weighted by Crippen LogP contribution is 2.10. The Balaban J connectivity index is 1.43. The second-order valence-corrected chi connectivity index (χ2v) is 5.98. The van der Waals surface area contributed by atoms with E-state index in [4.69, 9.17) is 4.74 Å². The number of hydrogen-bond donors (Lipinski definition) is 1. The molecule has 0 aliphatic carbocycles. The topological polar surface area (TPSA) is 54.7 Å². The van der Waals surface area contributed by atoms with Crippen molar-refractivity contribution in [3.8, 4) is 0 Å². The van der Waals surface area contributed by atoms with Crippen LogP contribution in [0.4, 0.5) is 0 Å². The zero-order chi connectivity index (χ0) is 14.5. The monoisotopic (exact) mass is 353 g/mol. The predicted octanol–water partition coefficient (Wildman–Crippen LogP) is 1.30. The number of morpholine rings is 1. The summed E-state index contributed by atoms with van der Waals surface area (Å²) in [5, 5.41) is 3.48. The molecule has 1 aliphatic heterocycles. The van der Waals surface area contributed by atoms with Gasteiger partial charge in [0, 0.05) is 25.8 Å². The maximum absolute atomic E-state index is 5.35. The Labute approximate surface area is 132 Å². The van der Waals surface area contributed by atoms with Crippen molar-refractivity contribution >= 4 is 21.6 Å². The lowest BCUT2D eigenvalue weighted by molar-refractivity contribution is 0.0374. The summed E-state index contributed by atoms with van der Waals surface area (Å²) in [4.78, 5) is 11.0. The van der Waals surface area contributed by atoms with E-state index in [0.717, 1.165) is 68.3 Å². The van der Waals surface area contributed by atoms with E-state index in [1.165, 1.54) is 0 Å². The molecule has 0 spiro atoms. The second-order valence-electron chi connectivity index (χ2n) is 5.17. The van der Waals surface area contributed by atoms with Gasteiger partial charge in [0.15, 0.2) is 5.65 Å². The number of nitrogens with zero attached hydrogens (tertiary/aromatic N) is 4. The fraction of sp³-hybridized carbons (Fsp3) is 0.571. The third kappa shape index (κ3) is 4.00. The van der Waals surface area contributed by atoms with Crippen LogP contribution in [-0.4, -0.2) is 58.7 Å². The second kappa shape index (κ2) is 7.31. The molecule has 3 heterocycles. The van der Waals surface area contributed by atoms with Crippen molar-refractivity contribution in [3.63, 3.8) is 0 Å². The number of ether oxygens (including phenoxy) is 1. The van der Waals surface area contributed by atoms with Gasteiger partial charge < -0.3 is 10.1 Å². The first-order valence-electron chi connectivity index (χ1n) is 7.31. The zero-order valence-corrected chi connectivity index (χ0v) is 13.5. The van der Waals surface area contributed by atoms with E-state index < -0.39 is 0 Å². The number of hydrogen-bond acceptors (Lipinski definition) is 5. The largest absolute Gasteiger partial charge is 0.379 e. The highest BCUT2D eigenvalue weighted by Gasteiger charge is 2.09. The SMILES string of the molecule is Brc1cn2c(CNCCCN3CCOCC3)cnc2cn1. The van der Waals surface area contributed by atoms with Crippen LogP contribution in [0.5, 0.6) is 0 Å². The molecule has 21 heavy (non-hydrogen) atoms. The molecule has 1 N–H and O–H groups in total. The number of halogens is 1. The summed E-state index contributed by atoms with van der Waals surface area (Å²) in [7, 11) is 0. The van der Waals surface area contributed by atoms with Gasteiger partial charge in [-0.1, -0.05) is 0 Å². The fourth-order valence-corrected chi connectivity index (χ4v) is 2.82. The van der Waals surface area contributed by atoms with Crippen molar-refractivity contribution in [3.05, 3.63) is 28.9 Å². The van der Waals surface area contributed by atoms with Crippen LogP contribution in [0.2, 0.25) is 0 Å². The molecule has 6 nitrogen and oxygen atoms in total. The first-order valence-corrected chi connectivity index (χ1v) is 8.10. The molecular weight excluding hydrogens is 334 g/mol. The minimum atomic E-state index is 0.820. The highest BCUT2D eigenvalue weighted by atomic mass is 79.9. The van der Waals surface area contributed by atoms with Crippen LogP contribution in [-0.2, 0) is 11.3 Å². The number of fused-ring (bicyclic) bond motifs is 1.